The van der Waals surface area contributed by atoms with Gasteiger partial charge in [0.15, 0.2) is 0 Å². The van der Waals surface area contributed by atoms with Gasteiger partial charge in [0.05, 0.1) is 39.4 Å². The highest BCUT2D eigenvalue weighted by Crippen LogP contribution is 1.98. The van der Waals surface area contributed by atoms with Gasteiger partial charge in [-0.3, -0.25) is 38.4 Å². The molecular weight excluding hydrogens is 464 g/mol. The van der Waals surface area contributed by atoms with Crippen molar-refractivity contribution in [3.63, 3.8) is 0 Å². The van der Waals surface area contributed by atoms with Gasteiger partial charge in [0, 0.05) is 13.1 Å². The van der Waals surface area contributed by atoms with Crippen molar-refractivity contribution in [2.24, 2.45) is 0 Å². The topological polar surface area (TPSA) is 176 Å². The molecule has 0 aliphatic carbocycles. The summed E-state index contributed by atoms with van der Waals surface area (Å²) in [5, 5.41) is 4.94. The summed E-state index contributed by atoms with van der Waals surface area (Å²) in [6.07, 6.45) is -1.04. The van der Waals surface area contributed by atoms with E-state index in [2.05, 4.69) is 10.6 Å². The van der Waals surface area contributed by atoms with Crippen molar-refractivity contribution in [2.75, 3.05) is 52.5 Å². The highest BCUT2D eigenvalue weighted by Gasteiger charge is 2.21. The maximum absolute atomic E-state index is 12.1. The molecule has 0 fully saturated rings. The number of nitrogens with zero attached hydrogens (tertiary/aromatic N) is 2. The highest BCUT2D eigenvalue weighted by molar-refractivity contribution is 6.00. The first kappa shape index (κ1) is 31.5. The first-order valence-electron chi connectivity index (χ1n) is 11.0. The number of amides is 4. The van der Waals surface area contributed by atoms with Crippen LogP contribution in [0.15, 0.2) is 0 Å². The highest BCUT2D eigenvalue weighted by atomic mass is 16.5. The maximum atomic E-state index is 12.1. The molecule has 0 unspecified atom stereocenters. The van der Waals surface area contributed by atoms with E-state index < -0.39 is 36.5 Å². The van der Waals surface area contributed by atoms with E-state index in [4.69, 9.17) is 4.74 Å². The zero-order chi connectivity index (χ0) is 27.0. The lowest BCUT2D eigenvalue weighted by molar-refractivity contribution is -0.141. The van der Waals surface area contributed by atoms with E-state index in [1.165, 1.54) is 27.7 Å². The summed E-state index contributed by atoms with van der Waals surface area (Å²) in [7, 11) is 0. The van der Waals surface area contributed by atoms with E-state index in [-0.39, 0.29) is 75.6 Å². The summed E-state index contributed by atoms with van der Waals surface area (Å²) >= 11 is 0. The summed E-state index contributed by atoms with van der Waals surface area (Å²) in [5.41, 5.74) is 0. The Kier molecular flexibility index (Phi) is 15.3. The number of hydrogen-bond acceptors (Lipinski definition) is 9. The minimum absolute atomic E-state index is 0.0863. The molecule has 0 radical (unpaired) electrons. The first-order valence-corrected chi connectivity index (χ1v) is 11.0. The molecule has 0 aliphatic heterocycles. The van der Waals surface area contributed by atoms with Crippen LogP contribution in [0.5, 0.6) is 0 Å². The third kappa shape index (κ3) is 16.7. The SMILES string of the molecule is CC(=O)CN(CC(C)=O)C(=O)CC(=O)NCCOCCNC(=O)CC(=O)N(CC(C)=O)CC(C)=O. The summed E-state index contributed by atoms with van der Waals surface area (Å²) in [4.78, 5) is 95.0. The molecule has 0 heterocycles. The summed E-state index contributed by atoms with van der Waals surface area (Å²) < 4.78 is 5.25. The van der Waals surface area contributed by atoms with Crippen LogP contribution in [0.25, 0.3) is 0 Å². The van der Waals surface area contributed by atoms with Crippen molar-refractivity contribution >= 4 is 46.8 Å². The number of ketones is 4. The molecule has 13 nitrogen and oxygen atoms in total. The quantitative estimate of drug-likeness (QED) is 0.160. The monoisotopic (exact) mass is 498 g/mol. The number of ether oxygens (including phenoxy) is 1. The van der Waals surface area contributed by atoms with Gasteiger partial charge in [0.2, 0.25) is 23.6 Å². The molecule has 2 N–H and O–H groups in total. The lowest BCUT2D eigenvalue weighted by atomic mass is 10.2. The molecule has 0 saturated carbocycles. The molecule has 4 amide bonds. The Labute approximate surface area is 203 Å². The number of nitrogens with one attached hydrogen (secondary N) is 2. The molecule has 0 aromatic rings. The van der Waals surface area contributed by atoms with Crippen LogP contribution in [0.2, 0.25) is 0 Å². The van der Waals surface area contributed by atoms with Crippen LogP contribution >= 0.6 is 0 Å². The number of carbonyl (C=O) groups excluding carboxylic acids is 8. The van der Waals surface area contributed by atoms with Gasteiger partial charge in [-0.2, -0.15) is 0 Å². The molecule has 0 spiro atoms. The Hall–Kier alpha value is -3.48. The average Bonchev–Trinajstić information content (AvgIpc) is 2.70. The van der Waals surface area contributed by atoms with Crippen LogP contribution in [-0.4, -0.2) is 109 Å². The molecule has 0 bridgehead atoms. The van der Waals surface area contributed by atoms with Gasteiger partial charge in [-0.15, -0.1) is 0 Å². The Balaban J connectivity index is 4.16. The van der Waals surface area contributed by atoms with Gasteiger partial charge in [0.1, 0.15) is 36.0 Å². The fourth-order valence-electron chi connectivity index (χ4n) is 2.79. The van der Waals surface area contributed by atoms with Gasteiger partial charge >= 0.3 is 0 Å². The zero-order valence-electron chi connectivity index (χ0n) is 20.6. The Bertz CT molecular complexity index is 728. The van der Waals surface area contributed by atoms with E-state index in [1.54, 1.807) is 0 Å². The fraction of sp³-hybridized carbons (Fsp3) is 0.636. The third-order valence-electron chi connectivity index (χ3n) is 4.12. The molecule has 0 saturated heterocycles. The van der Waals surface area contributed by atoms with Crippen molar-refractivity contribution < 1.29 is 43.1 Å². The van der Waals surface area contributed by atoms with E-state index in [1.807, 2.05) is 0 Å². The Morgan fingerprint density at radius 3 is 1.09 bits per heavy atom. The molecule has 0 rings (SSSR count). The van der Waals surface area contributed by atoms with Crippen molar-refractivity contribution in [3.8, 4) is 0 Å². The van der Waals surface area contributed by atoms with Crippen molar-refractivity contribution in [2.45, 2.75) is 40.5 Å². The van der Waals surface area contributed by atoms with E-state index in [0.717, 1.165) is 9.80 Å². The van der Waals surface area contributed by atoms with Crippen LogP contribution in [0.3, 0.4) is 0 Å². The second kappa shape index (κ2) is 17.0. The van der Waals surface area contributed by atoms with Crippen LogP contribution < -0.4 is 10.6 Å². The third-order valence-corrected chi connectivity index (χ3v) is 4.12. The number of rotatable bonds is 18. The molecule has 0 aromatic heterocycles. The summed E-state index contributed by atoms with van der Waals surface area (Å²) in [6, 6.07) is 0. The second-order valence-corrected chi connectivity index (χ2v) is 7.97. The summed E-state index contributed by atoms with van der Waals surface area (Å²) in [6.45, 7) is 4.43. The van der Waals surface area contributed by atoms with E-state index in [0.29, 0.717) is 0 Å². The smallest absolute Gasteiger partial charge is 0.232 e. The number of carbonyl (C=O) groups is 8. The minimum Gasteiger partial charge on any atom is -0.378 e. The second-order valence-electron chi connectivity index (χ2n) is 7.97. The summed E-state index contributed by atoms with van der Waals surface area (Å²) in [5.74, 6) is -3.72. The van der Waals surface area contributed by atoms with Crippen LogP contribution in [-0.2, 0) is 43.1 Å². The molecule has 0 atom stereocenters. The lowest BCUT2D eigenvalue weighted by Gasteiger charge is -2.19. The first-order chi connectivity index (χ1) is 16.3. The molecule has 0 aliphatic rings. The van der Waals surface area contributed by atoms with Crippen LogP contribution in [0, 0.1) is 0 Å². The van der Waals surface area contributed by atoms with E-state index in [9.17, 15) is 38.4 Å². The number of hydrogen-bond donors (Lipinski definition) is 2. The van der Waals surface area contributed by atoms with Crippen molar-refractivity contribution in [1.82, 2.24) is 20.4 Å². The fourth-order valence-corrected chi connectivity index (χ4v) is 2.79. The largest absolute Gasteiger partial charge is 0.378 e. The molecular formula is C22H34N4O9. The zero-order valence-corrected chi connectivity index (χ0v) is 20.6. The Morgan fingerprint density at radius 1 is 0.543 bits per heavy atom. The molecule has 0 aromatic carbocycles. The van der Waals surface area contributed by atoms with Gasteiger partial charge in [-0.05, 0) is 27.7 Å². The lowest BCUT2D eigenvalue weighted by Crippen LogP contribution is -2.41. The van der Waals surface area contributed by atoms with Crippen LogP contribution in [0.1, 0.15) is 40.5 Å². The van der Waals surface area contributed by atoms with E-state index >= 15 is 0 Å². The van der Waals surface area contributed by atoms with Crippen molar-refractivity contribution in [3.05, 3.63) is 0 Å². The Morgan fingerprint density at radius 2 is 0.829 bits per heavy atom. The minimum atomic E-state index is -0.642. The van der Waals surface area contributed by atoms with Gasteiger partial charge in [0.25, 0.3) is 0 Å². The maximum Gasteiger partial charge on any atom is 0.232 e. The molecule has 35 heavy (non-hydrogen) atoms. The standard InChI is InChI=1S/C22H34N4O9/c1-15(27)11-25(12-16(2)28)21(33)9-19(31)23-5-7-35-8-6-24-20(32)10-22(34)26(13-17(3)29)14-18(4)30/h5-14H2,1-4H3,(H,23,31)(H,24,32). The van der Waals surface area contributed by atoms with Gasteiger partial charge < -0.3 is 25.2 Å². The predicted octanol–water partition coefficient (Wildman–Crippen LogP) is -1.97. The molecule has 196 valence electrons. The van der Waals surface area contributed by atoms with Gasteiger partial charge in [-0.25, -0.2) is 0 Å². The van der Waals surface area contributed by atoms with Crippen LogP contribution in [0.4, 0.5) is 0 Å². The normalized spacial score (nSPS) is 10.2. The predicted molar refractivity (Wildman–Crippen MR) is 122 cm³/mol. The molecule has 13 heteroatoms. The van der Waals surface area contributed by atoms with Crippen molar-refractivity contribution in [1.29, 1.82) is 0 Å². The average molecular weight is 499 g/mol. The van der Waals surface area contributed by atoms with Gasteiger partial charge in [-0.1, -0.05) is 0 Å². The number of Topliss-reactive ketones (excluding diaryl/α,β-unsaturated/α-hetero) is 4.